The topological polar surface area (TPSA) is 97.1 Å². The number of benzene rings is 1. The molecule has 0 aliphatic heterocycles. The zero-order chi connectivity index (χ0) is 15.7. The van der Waals surface area contributed by atoms with E-state index in [4.69, 9.17) is 0 Å². The third-order valence-corrected chi connectivity index (χ3v) is 3.28. The van der Waals surface area contributed by atoms with Gasteiger partial charge >= 0.3 is 5.69 Å². The summed E-state index contributed by atoms with van der Waals surface area (Å²) in [5, 5.41) is 4.05. The Morgan fingerprint density at radius 2 is 1.91 bits per heavy atom. The number of aromatic amines is 1. The molecule has 22 heavy (non-hydrogen) atoms. The smallest absolute Gasteiger partial charge is 0.317 e. The van der Waals surface area contributed by atoms with E-state index in [9.17, 15) is 9.59 Å². The quantitative estimate of drug-likeness (QED) is 0.540. The van der Waals surface area contributed by atoms with E-state index in [0.29, 0.717) is 5.95 Å². The predicted octanol–water partition coefficient (Wildman–Crippen LogP) is 0.406. The molecule has 2 aromatic heterocycles. The molecule has 0 saturated carbocycles. The SMILES string of the molecule is Cn1c(=O)c2[nH]c(N/N=C\c3ccccc3)nc2n(C)c1=O. The zero-order valence-electron chi connectivity index (χ0n) is 12.1. The zero-order valence-corrected chi connectivity index (χ0v) is 12.1. The van der Waals surface area contributed by atoms with Gasteiger partial charge < -0.3 is 4.98 Å². The maximum atomic E-state index is 12.0. The van der Waals surface area contributed by atoms with E-state index in [2.05, 4.69) is 20.5 Å². The minimum atomic E-state index is -0.427. The molecule has 3 rings (SSSR count). The lowest BCUT2D eigenvalue weighted by Crippen LogP contribution is -2.36. The van der Waals surface area contributed by atoms with Crippen molar-refractivity contribution in [2.45, 2.75) is 0 Å². The van der Waals surface area contributed by atoms with Crippen LogP contribution in [-0.2, 0) is 14.1 Å². The van der Waals surface area contributed by atoms with Gasteiger partial charge in [0.2, 0.25) is 5.95 Å². The first-order valence-electron chi connectivity index (χ1n) is 6.58. The number of hydrogen-bond acceptors (Lipinski definition) is 5. The summed E-state index contributed by atoms with van der Waals surface area (Å²) in [7, 11) is 2.98. The number of H-pyrrole nitrogens is 1. The summed E-state index contributed by atoms with van der Waals surface area (Å²) in [5.41, 5.74) is 3.32. The molecule has 0 aliphatic carbocycles. The van der Waals surface area contributed by atoms with Gasteiger partial charge in [0.15, 0.2) is 11.2 Å². The maximum Gasteiger partial charge on any atom is 0.332 e. The van der Waals surface area contributed by atoms with Crippen molar-refractivity contribution in [3.8, 4) is 0 Å². The minimum Gasteiger partial charge on any atom is -0.317 e. The first-order valence-corrected chi connectivity index (χ1v) is 6.58. The van der Waals surface area contributed by atoms with Crippen molar-refractivity contribution in [1.29, 1.82) is 0 Å². The lowest BCUT2D eigenvalue weighted by atomic mass is 10.2. The standard InChI is InChI=1S/C14H14N6O2/c1-19-11-10(12(21)20(2)14(19)22)16-13(17-11)18-15-8-9-6-4-3-5-7-9/h3-8H,1-2H3,(H2,16,17,18)/b15-8-. The van der Waals surface area contributed by atoms with E-state index >= 15 is 0 Å². The van der Waals surface area contributed by atoms with E-state index in [1.807, 2.05) is 30.3 Å². The van der Waals surface area contributed by atoms with E-state index in [1.165, 1.54) is 11.6 Å². The fraction of sp³-hybridized carbons (Fsp3) is 0.143. The number of aromatic nitrogens is 4. The molecule has 0 saturated heterocycles. The molecule has 2 N–H and O–H groups in total. The number of nitrogens with one attached hydrogen (secondary N) is 2. The summed E-state index contributed by atoms with van der Waals surface area (Å²) < 4.78 is 2.33. The molecule has 0 spiro atoms. The average molecular weight is 298 g/mol. The van der Waals surface area contributed by atoms with Crippen molar-refractivity contribution in [2.24, 2.45) is 19.2 Å². The van der Waals surface area contributed by atoms with Crippen LogP contribution in [0.5, 0.6) is 0 Å². The van der Waals surface area contributed by atoms with Crippen LogP contribution in [0.1, 0.15) is 5.56 Å². The van der Waals surface area contributed by atoms with E-state index in [0.717, 1.165) is 10.1 Å². The average Bonchev–Trinajstić information content (AvgIpc) is 2.96. The number of hydrogen-bond donors (Lipinski definition) is 2. The van der Waals surface area contributed by atoms with Crippen molar-refractivity contribution < 1.29 is 0 Å². The van der Waals surface area contributed by atoms with Crippen LogP contribution < -0.4 is 16.7 Å². The Hall–Kier alpha value is -3.16. The first kappa shape index (κ1) is 13.8. The summed E-state index contributed by atoms with van der Waals surface area (Å²) in [6.45, 7) is 0. The Morgan fingerprint density at radius 1 is 1.18 bits per heavy atom. The maximum absolute atomic E-state index is 12.0. The molecule has 0 unspecified atom stereocenters. The van der Waals surface area contributed by atoms with Crippen LogP contribution in [-0.4, -0.2) is 25.3 Å². The van der Waals surface area contributed by atoms with Crippen LogP contribution in [0.25, 0.3) is 11.2 Å². The Kier molecular flexibility index (Phi) is 3.34. The Labute approximate surface area is 124 Å². The summed E-state index contributed by atoms with van der Waals surface area (Å²) in [6, 6.07) is 9.54. The fourth-order valence-electron chi connectivity index (χ4n) is 2.09. The molecule has 1 aromatic carbocycles. The fourth-order valence-corrected chi connectivity index (χ4v) is 2.09. The van der Waals surface area contributed by atoms with Crippen LogP contribution in [0.4, 0.5) is 5.95 Å². The molecule has 0 bridgehead atoms. The number of hydrazone groups is 1. The largest absolute Gasteiger partial charge is 0.332 e. The highest BCUT2D eigenvalue weighted by molar-refractivity contribution is 5.80. The molecule has 8 nitrogen and oxygen atoms in total. The minimum absolute atomic E-state index is 0.252. The van der Waals surface area contributed by atoms with Crippen LogP contribution in [0, 0.1) is 0 Å². The normalized spacial score (nSPS) is 11.4. The Morgan fingerprint density at radius 3 is 2.64 bits per heavy atom. The van der Waals surface area contributed by atoms with Crippen molar-refractivity contribution in [1.82, 2.24) is 19.1 Å². The van der Waals surface area contributed by atoms with Gasteiger partial charge in [0.25, 0.3) is 5.56 Å². The van der Waals surface area contributed by atoms with Gasteiger partial charge in [0.1, 0.15) is 0 Å². The molecule has 8 heteroatoms. The third kappa shape index (κ3) is 2.30. The number of nitrogens with zero attached hydrogens (tertiary/aromatic N) is 4. The second-order valence-corrected chi connectivity index (χ2v) is 4.77. The molecule has 112 valence electrons. The number of aryl methyl sites for hydroxylation is 1. The lowest BCUT2D eigenvalue weighted by molar-refractivity contribution is 0.709. The van der Waals surface area contributed by atoms with Crippen molar-refractivity contribution in [2.75, 3.05) is 5.43 Å². The number of rotatable bonds is 3. The molecule has 2 heterocycles. The van der Waals surface area contributed by atoms with Gasteiger partial charge in [-0.25, -0.2) is 10.2 Å². The summed E-state index contributed by atoms with van der Waals surface area (Å²) in [4.78, 5) is 30.9. The van der Waals surface area contributed by atoms with Gasteiger partial charge in [-0.15, -0.1) is 0 Å². The van der Waals surface area contributed by atoms with Gasteiger partial charge in [-0.3, -0.25) is 13.9 Å². The molecule has 0 amide bonds. The van der Waals surface area contributed by atoms with Crippen LogP contribution in [0.3, 0.4) is 0 Å². The number of fused-ring (bicyclic) bond motifs is 1. The number of imidazole rings is 1. The van der Waals surface area contributed by atoms with Crippen LogP contribution in [0.2, 0.25) is 0 Å². The van der Waals surface area contributed by atoms with Crippen molar-refractivity contribution >= 4 is 23.3 Å². The highest BCUT2D eigenvalue weighted by atomic mass is 16.2. The van der Waals surface area contributed by atoms with Crippen LogP contribution >= 0.6 is 0 Å². The molecule has 3 aromatic rings. The molecular formula is C14H14N6O2. The van der Waals surface area contributed by atoms with Gasteiger partial charge in [-0.2, -0.15) is 10.1 Å². The van der Waals surface area contributed by atoms with Gasteiger partial charge in [-0.05, 0) is 5.56 Å². The Balaban J connectivity index is 1.95. The van der Waals surface area contributed by atoms with Gasteiger partial charge in [-0.1, -0.05) is 30.3 Å². The molecular weight excluding hydrogens is 284 g/mol. The summed E-state index contributed by atoms with van der Waals surface area (Å²) in [5.74, 6) is 0.292. The second-order valence-electron chi connectivity index (χ2n) is 4.77. The summed E-state index contributed by atoms with van der Waals surface area (Å²) in [6.07, 6.45) is 1.63. The second kappa shape index (κ2) is 5.32. The lowest BCUT2D eigenvalue weighted by Gasteiger charge is -2.00. The van der Waals surface area contributed by atoms with Crippen molar-refractivity contribution in [3.05, 3.63) is 56.7 Å². The van der Waals surface area contributed by atoms with Crippen molar-refractivity contribution in [3.63, 3.8) is 0 Å². The van der Waals surface area contributed by atoms with E-state index < -0.39 is 11.2 Å². The number of anilines is 1. The molecule has 0 atom stereocenters. The molecule has 0 radical (unpaired) electrons. The van der Waals surface area contributed by atoms with Gasteiger partial charge in [0, 0.05) is 14.1 Å². The van der Waals surface area contributed by atoms with E-state index in [1.54, 1.807) is 13.3 Å². The van der Waals surface area contributed by atoms with E-state index in [-0.39, 0.29) is 11.2 Å². The monoisotopic (exact) mass is 298 g/mol. The Bertz CT molecular complexity index is 965. The van der Waals surface area contributed by atoms with Gasteiger partial charge in [0.05, 0.1) is 6.21 Å². The van der Waals surface area contributed by atoms with Crippen LogP contribution in [0.15, 0.2) is 45.0 Å². The first-order chi connectivity index (χ1) is 10.6. The third-order valence-electron chi connectivity index (χ3n) is 3.28. The molecule has 0 aliphatic rings. The molecule has 0 fully saturated rings. The predicted molar refractivity (Wildman–Crippen MR) is 84.2 cm³/mol. The highest BCUT2D eigenvalue weighted by Gasteiger charge is 2.12. The highest BCUT2D eigenvalue weighted by Crippen LogP contribution is 2.08. The summed E-state index contributed by atoms with van der Waals surface area (Å²) >= 11 is 0.